The molecule has 1 rings (SSSR count). The van der Waals surface area contributed by atoms with Crippen LogP contribution in [0.1, 0.15) is 36.8 Å². The van der Waals surface area contributed by atoms with Crippen LogP contribution < -0.4 is 0 Å². The third kappa shape index (κ3) is 2.10. The van der Waals surface area contributed by atoms with Crippen molar-refractivity contribution in [1.82, 2.24) is 14.7 Å². The molecule has 1 heterocycles. The van der Waals surface area contributed by atoms with Gasteiger partial charge in [0.15, 0.2) is 0 Å². The number of nitriles is 1. The number of hydrogen-bond donors (Lipinski definition) is 0. The van der Waals surface area contributed by atoms with Crippen LogP contribution in [0.25, 0.3) is 0 Å². The maximum absolute atomic E-state index is 9.34. The van der Waals surface area contributed by atoms with Crippen molar-refractivity contribution in [3.63, 3.8) is 0 Å². The molecule has 1 aromatic heterocycles. The maximum Gasteiger partial charge on any atom is 0.127 e. The van der Waals surface area contributed by atoms with E-state index in [-0.39, 0.29) is 6.04 Å². The van der Waals surface area contributed by atoms with Crippen LogP contribution in [0.2, 0.25) is 0 Å². The highest BCUT2D eigenvalue weighted by atomic mass is 15.3. The Bertz CT molecular complexity index is 396. The van der Waals surface area contributed by atoms with Crippen molar-refractivity contribution in [3.05, 3.63) is 17.0 Å². The molecule has 0 spiro atoms. The van der Waals surface area contributed by atoms with Crippen LogP contribution in [0.15, 0.2) is 0 Å². The first kappa shape index (κ1) is 12.7. The Morgan fingerprint density at radius 1 is 1.38 bits per heavy atom. The summed E-state index contributed by atoms with van der Waals surface area (Å²) in [7, 11) is 1.92. The summed E-state index contributed by atoms with van der Waals surface area (Å²) in [5.41, 5.74) is 3.10. The zero-order chi connectivity index (χ0) is 12.3. The van der Waals surface area contributed by atoms with Gasteiger partial charge in [0.1, 0.15) is 6.04 Å². The molecule has 0 aliphatic rings. The van der Waals surface area contributed by atoms with Gasteiger partial charge in [0.2, 0.25) is 0 Å². The maximum atomic E-state index is 9.34. The minimum Gasteiger partial charge on any atom is -0.285 e. The van der Waals surface area contributed by atoms with Crippen LogP contribution in [-0.4, -0.2) is 27.8 Å². The molecular formula is C12H20N4. The third-order valence-corrected chi connectivity index (χ3v) is 3.14. The summed E-state index contributed by atoms with van der Waals surface area (Å²) >= 11 is 0. The largest absolute Gasteiger partial charge is 0.285 e. The summed E-state index contributed by atoms with van der Waals surface area (Å²) < 4.78 is 1.85. The van der Waals surface area contributed by atoms with E-state index in [4.69, 9.17) is 0 Å². The fraction of sp³-hybridized carbons (Fsp3) is 0.667. The van der Waals surface area contributed by atoms with Crippen LogP contribution in [-0.2, 0) is 7.05 Å². The lowest BCUT2D eigenvalue weighted by atomic mass is 10.0. The molecule has 0 saturated carbocycles. The molecule has 1 aromatic rings. The van der Waals surface area contributed by atoms with Gasteiger partial charge in [-0.3, -0.25) is 9.58 Å². The Kier molecular flexibility index (Phi) is 4.08. The van der Waals surface area contributed by atoms with E-state index in [1.54, 1.807) is 0 Å². The third-order valence-electron chi connectivity index (χ3n) is 3.14. The number of aryl methyl sites for hydroxylation is 2. The fourth-order valence-electron chi connectivity index (χ4n) is 2.10. The number of aromatic nitrogens is 2. The zero-order valence-corrected chi connectivity index (χ0v) is 10.8. The Balaban J connectivity index is 3.19. The molecule has 1 unspecified atom stereocenters. The molecular weight excluding hydrogens is 200 g/mol. The van der Waals surface area contributed by atoms with Gasteiger partial charge < -0.3 is 0 Å². The van der Waals surface area contributed by atoms with Crippen molar-refractivity contribution in [3.8, 4) is 6.07 Å². The summed E-state index contributed by atoms with van der Waals surface area (Å²) in [6.45, 7) is 9.90. The van der Waals surface area contributed by atoms with Crippen molar-refractivity contribution in [2.24, 2.45) is 7.05 Å². The van der Waals surface area contributed by atoms with Gasteiger partial charge in [0.05, 0.1) is 11.8 Å². The first-order valence-electron chi connectivity index (χ1n) is 5.70. The van der Waals surface area contributed by atoms with Gasteiger partial charge in [-0.2, -0.15) is 10.4 Å². The molecule has 88 valence electrons. The Labute approximate surface area is 97.5 Å². The number of hydrogen-bond acceptors (Lipinski definition) is 3. The lowest BCUT2D eigenvalue weighted by Gasteiger charge is -2.24. The van der Waals surface area contributed by atoms with Crippen molar-refractivity contribution < 1.29 is 0 Å². The second kappa shape index (κ2) is 5.13. The highest BCUT2D eigenvalue weighted by Crippen LogP contribution is 2.25. The smallest absolute Gasteiger partial charge is 0.127 e. The molecule has 0 amide bonds. The summed E-state index contributed by atoms with van der Waals surface area (Å²) in [6, 6.07) is 2.21. The van der Waals surface area contributed by atoms with Crippen molar-refractivity contribution in [2.45, 2.75) is 33.7 Å². The molecule has 0 aliphatic carbocycles. The summed E-state index contributed by atoms with van der Waals surface area (Å²) in [5.74, 6) is 0. The van der Waals surface area contributed by atoms with E-state index in [0.717, 1.165) is 30.0 Å². The van der Waals surface area contributed by atoms with E-state index in [1.807, 2.05) is 25.6 Å². The van der Waals surface area contributed by atoms with Crippen LogP contribution in [0.4, 0.5) is 0 Å². The monoisotopic (exact) mass is 220 g/mol. The van der Waals surface area contributed by atoms with Gasteiger partial charge in [0.25, 0.3) is 0 Å². The topological polar surface area (TPSA) is 44.9 Å². The van der Waals surface area contributed by atoms with Crippen LogP contribution in [0, 0.1) is 25.2 Å². The standard InChI is InChI=1S/C12H20N4/c1-6-16(7-2)11(8-13)12-9(3)14-15(5)10(12)4/h11H,6-7H2,1-5H3. The van der Waals surface area contributed by atoms with E-state index in [1.165, 1.54) is 0 Å². The quantitative estimate of drug-likeness (QED) is 0.779. The molecule has 4 nitrogen and oxygen atoms in total. The van der Waals surface area contributed by atoms with Gasteiger partial charge in [-0.05, 0) is 26.9 Å². The van der Waals surface area contributed by atoms with Crippen LogP contribution in [0.5, 0.6) is 0 Å². The molecule has 0 aromatic carbocycles. The molecule has 1 atom stereocenters. The van der Waals surface area contributed by atoms with E-state index in [9.17, 15) is 5.26 Å². The van der Waals surface area contributed by atoms with Gasteiger partial charge in [0, 0.05) is 18.3 Å². The second-order valence-corrected chi connectivity index (χ2v) is 3.96. The van der Waals surface area contributed by atoms with E-state index in [0.29, 0.717) is 0 Å². The van der Waals surface area contributed by atoms with Crippen molar-refractivity contribution in [1.29, 1.82) is 5.26 Å². The second-order valence-electron chi connectivity index (χ2n) is 3.96. The highest BCUT2D eigenvalue weighted by molar-refractivity contribution is 5.32. The Morgan fingerprint density at radius 3 is 2.25 bits per heavy atom. The van der Waals surface area contributed by atoms with Crippen LogP contribution >= 0.6 is 0 Å². The van der Waals surface area contributed by atoms with E-state index >= 15 is 0 Å². The molecule has 0 bridgehead atoms. The van der Waals surface area contributed by atoms with Crippen molar-refractivity contribution in [2.75, 3.05) is 13.1 Å². The normalized spacial score (nSPS) is 12.8. The Hall–Kier alpha value is -1.34. The van der Waals surface area contributed by atoms with E-state index < -0.39 is 0 Å². The minimum absolute atomic E-state index is 0.177. The lowest BCUT2D eigenvalue weighted by Crippen LogP contribution is -2.28. The fourth-order valence-corrected chi connectivity index (χ4v) is 2.10. The Morgan fingerprint density at radius 2 is 1.94 bits per heavy atom. The summed E-state index contributed by atoms with van der Waals surface area (Å²) in [5, 5.41) is 13.7. The average molecular weight is 220 g/mol. The van der Waals surface area contributed by atoms with Gasteiger partial charge in [-0.25, -0.2) is 0 Å². The number of rotatable bonds is 4. The molecule has 16 heavy (non-hydrogen) atoms. The summed E-state index contributed by atoms with van der Waals surface area (Å²) in [6.07, 6.45) is 0. The molecule has 0 N–H and O–H groups in total. The first-order valence-corrected chi connectivity index (χ1v) is 5.70. The number of nitrogens with zero attached hydrogens (tertiary/aromatic N) is 4. The molecule has 0 radical (unpaired) electrons. The SMILES string of the molecule is CCN(CC)C(C#N)c1c(C)nn(C)c1C. The van der Waals surface area contributed by atoms with E-state index in [2.05, 4.69) is 29.9 Å². The molecule has 0 fully saturated rings. The van der Waals surface area contributed by atoms with Gasteiger partial charge in [-0.1, -0.05) is 13.8 Å². The lowest BCUT2D eigenvalue weighted by molar-refractivity contribution is 0.261. The highest BCUT2D eigenvalue weighted by Gasteiger charge is 2.23. The minimum atomic E-state index is -0.177. The van der Waals surface area contributed by atoms with Gasteiger partial charge in [-0.15, -0.1) is 0 Å². The average Bonchev–Trinajstić information content (AvgIpc) is 2.51. The molecule has 0 saturated heterocycles. The van der Waals surface area contributed by atoms with Crippen molar-refractivity contribution >= 4 is 0 Å². The first-order chi connectivity index (χ1) is 7.56. The molecule has 0 aliphatic heterocycles. The predicted molar refractivity (Wildman–Crippen MR) is 64.0 cm³/mol. The van der Waals surface area contributed by atoms with Crippen LogP contribution in [0.3, 0.4) is 0 Å². The van der Waals surface area contributed by atoms with Gasteiger partial charge >= 0.3 is 0 Å². The molecule has 4 heteroatoms. The zero-order valence-electron chi connectivity index (χ0n) is 10.8. The predicted octanol–water partition coefficient (Wildman–Crippen LogP) is 1.94. The summed E-state index contributed by atoms with van der Waals surface area (Å²) in [4.78, 5) is 2.15.